The van der Waals surface area contributed by atoms with Crippen LogP contribution in [-0.4, -0.2) is 71.9 Å². The largest absolute Gasteiger partial charge is 0.497 e. The van der Waals surface area contributed by atoms with Gasteiger partial charge < -0.3 is 28.6 Å². The monoisotopic (exact) mass is 506 g/mol. The predicted octanol–water partition coefficient (Wildman–Crippen LogP) is 3.92. The van der Waals surface area contributed by atoms with Crippen molar-refractivity contribution in [3.63, 3.8) is 0 Å². The van der Waals surface area contributed by atoms with Crippen molar-refractivity contribution in [2.45, 2.75) is 25.0 Å². The minimum atomic E-state index is -0.348. The number of hydrogen-bond acceptors (Lipinski definition) is 7. The Kier molecular flexibility index (Phi) is 6.82. The molecule has 5 rings (SSSR count). The van der Waals surface area contributed by atoms with Gasteiger partial charge in [-0.2, -0.15) is 5.26 Å². The number of thiophene rings is 1. The molecule has 1 unspecified atom stereocenters. The third kappa shape index (κ3) is 4.75. The number of carbonyl (C=O) groups excluding carboxylic acids is 2. The number of rotatable bonds is 7. The van der Waals surface area contributed by atoms with Crippen LogP contribution in [0.25, 0.3) is 5.69 Å². The second kappa shape index (κ2) is 10.3. The van der Waals surface area contributed by atoms with Gasteiger partial charge in [0.05, 0.1) is 24.9 Å². The van der Waals surface area contributed by atoms with Crippen molar-refractivity contribution in [1.29, 1.82) is 5.26 Å². The van der Waals surface area contributed by atoms with Crippen molar-refractivity contribution in [1.82, 2.24) is 14.4 Å². The zero-order valence-corrected chi connectivity index (χ0v) is 20.6. The second-order valence-electron chi connectivity index (χ2n) is 8.70. The summed E-state index contributed by atoms with van der Waals surface area (Å²) in [5.74, 6) is 1.35. The van der Waals surface area contributed by atoms with Gasteiger partial charge in [-0.25, -0.2) is 4.79 Å². The van der Waals surface area contributed by atoms with Crippen LogP contribution in [0.1, 0.15) is 28.1 Å². The van der Waals surface area contributed by atoms with Crippen molar-refractivity contribution in [2.75, 3.05) is 33.4 Å². The Morgan fingerprint density at radius 3 is 2.53 bits per heavy atom. The first kappa shape index (κ1) is 23.8. The van der Waals surface area contributed by atoms with Crippen LogP contribution in [0.4, 0.5) is 4.79 Å². The maximum Gasteiger partial charge on any atom is 0.410 e. The molecule has 10 heteroatoms. The summed E-state index contributed by atoms with van der Waals surface area (Å²) in [6.07, 6.45) is 4.32. The Hall–Kier alpha value is -3.97. The summed E-state index contributed by atoms with van der Waals surface area (Å²) >= 11 is 1.29. The fourth-order valence-electron chi connectivity index (χ4n) is 4.63. The minimum absolute atomic E-state index is 0.00876. The molecule has 2 aliphatic rings. The lowest BCUT2D eigenvalue weighted by Gasteiger charge is -2.35. The molecular weight excluding hydrogens is 480 g/mol. The Morgan fingerprint density at radius 2 is 1.86 bits per heavy atom. The van der Waals surface area contributed by atoms with Crippen LogP contribution in [0.2, 0.25) is 0 Å². The van der Waals surface area contributed by atoms with Crippen molar-refractivity contribution in [3.05, 3.63) is 64.6 Å². The molecule has 0 N–H and O–H groups in total. The van der Waals surface area contributed by atoms with Gasteiger partial charge in [0.15, 0.2) is 6.10 Å². The van der Waals surface area contributed by atoms with Crippen LogP contribution in [0, 0.1) is 11.3 Å². The van der Waals surface area contributed by atoms with E-state index in [1.807, 2.05) is 58.3 Å². The van der Waals surface area contributed by atoms with E-state index < -0.39 is 0 Å². The van der Waals surface area contributed by atoms with Gasteiger partial charge in [-0.05, 0) is 49.2 Å². The first-order chi connectivity index (χ1) is 17.6. The Morgan fingerprint density at radius 1 is 1.17 bits per heavy atom. The van der Waals surface area contributed by atoms with E-state index in [4.69, 9.17) is 14.2 Å². The average Bonchev–Trinajstić information content (AvgIpc) is 3.67. The number of benzene rings is 1. The van der Waals surface area contributed by atoms with Crippen molar-refractivity contribution >= 4 is 23.3 Å². The molecule has 0 spiro atoms. The number of methoxy groups -OCH3 is 1. The highest BCUT2D eigenvalue weighted by atomic mass is 32.1. The van der Waals surface area contributed by atoms with Crippen LogP contribution in [-0.2, 0) is 4.74 Å². The molecule has 3 aromatic rings. The van der Waals surface area contributed by atoms with E-state index in [0.29, 0.717) is 54.4 Å². The summed E-state index contributed by atoms with van der Waals surface area (Å²) in [6.45, 7) is 1.80. The van der Waals surface area contributed by atoms with Crippen LogP contribution in [0.3, 0.4) is 0 Å². The number of hydrogen-bond donors (Lipinski definition) is 0. The molecular formula is C26H26N4O5S. The lowest BCUT2D eigenvalue weighted by atomic mass is 10.0. The summed E-state index contributed by atoms with van der Waals surface area (Å²) in [7, 11) is 1.61. The molecule has 1 atom stereocenters. The minimum Gasteiger partial charge on any atom is -0.497 e. The number of likely N-dealkylation sites (tertiary alicyclic amines) is 1. The molecule has 2 fully saturated rings. The van der Waals surface area contributed by atoms with Crippen LogP contribution < -0.4 is 9.47 Å². The van der Waals surface area contributed by atoms with E-state index in [-0.39, 0.29) is 30.8 Å². The first-order valence-corrected chi connectivity index (χ1v) is 12.6. The normalized spacial score (nSPS) is 18.1. The van der Waals surface area contributed by atoms with Crippen molar-refractivity contribution < 1.29 is 23.8 Å². The lowest BCUT2D eigenvalue weighted by molar-refractivity contribution is 0.0663. The number of cyclic esters (lactones) is 1. The number of aromatic nitrogens is 1. The van der Waals surface area contributed by atoms with Crippen molar-refractivity contribution in [2.24, 2.45) is 0 Å². The molecule has 2 aliphatic heterocycles. The second-order valence-corrected chi connectivity index (χ2v) is 9.58. The third-order valence-corrected chi connectivity index (χ3v) is 7.49. The van der Waals surface area contributed by atoms with Gasteiger partial charge in [-0.15, -0.1) is 11.3 Å². The molecule has 2 aromatic heterocycles. The fraction of sp³-hybridized carbons (Fsp3) is 0.346. The Labute approximate surface area is 213 Å². The molecule has 2 amide bonds. The van der Waals surface area contributed by atoms with E-state index in [9.17, 15) is 14.9 Å². The highest BCUT2D eigenvalue weighted by Crippen LogP contribution is 2.30. The summed E-state index contributed by atoms with van der Waals surface area (Å²) in [4.78, 5) is 30.0. The number of nitriles is 1. The highest BCUT2D eigenvalue weighted by molar-refractivity contribution is 7.12. The van der Waals surface area contributed by atoms with Gasteiger partial charge in [-0.1, -0.05) is 0 Å². The molecule has 0 radical (unpaired) electrons. The number of amides is 2. The van der Waals surface area contributed by atoms with Crippen LogP contribution in [0.5, 0.6) is 11.5 Å². The van der Waals surface area contributed by atoms with E-state index in [1.54, 1.807) is 17.4 Å². The molecule has 186 valence electrons. The van der Waals surface area contributed by atoms with Crippen LogP contribution >= 0.6 is 11.3 Å². The number of ether oxygens (including phenoxy) is 3. The highest BCUT2D eigenvalue weighted by Gasteiger charge is 2.38. The molecule has 9 nitrogen and oxygen atoms in total. The number of nitrogens with zero attached hydrogens (tertiary/aromatic N) is 4. The first-order valence-electron chi connectivity index (χ1n) is 11.8. The van der Waals surface area contributed by atoms with E-state index in [1.165, 1.54) is 11.3 Å². The average molecular weight is 507 g/mol. The van der Waals surface area contributed by atoms with Gasteiger partial charge in [0, 0.05) is 36.9 Å². The topological polar surface area (TPSA) is 97.0 Å². The zero-order chi connectivity index (χ0) is 25.1. The maximum atomic E-state index is 13.3. The smallest absolute Gasteiger partial charge is 0.410 e. The standard InChI is InChI=1S/C26H26N4O5S/c1-33-20-4-6-21(7-5-20)34-16-22-15-30(26(32)35-22)19-8-12-29(13-9-19)25(31)24-23(18(14-27)17-36-24)28-10-2-3-11-28/h2-7,10-11,17,19,22H,8-9,12-13,15-16H2,1H3. The fourth-order valence-corrected chi connectivity index (χ4v) is 5.59. The summed E-state index contributed by atoms with van der Waals surface area (Å²) < 4.78 is 18.3. The molecule has 0 aliphatic carbocycles. The molecule has 0 saturated carbocycles. The molecule has 1 aromatic carbocycles. The predicted molar refractivity (Wildman–Crippen MR) is 133 cm³/mol. The van der Waals surface area contributed by atoms with Crippen LogP contribution in [0.15, 0.2) is 54.2 Å². The van der Waals surface area contributed by atoms with Gasteiger partial charge in [0.1, 0.15) is 29.1 Å². The number of carbonyl (C=O) groups is 2. The summed E-state index contributed by atoms with van der Waals surface area (Å²) in [6, 6.07) is 13.2. The lowest BCUT2D eigenvalue weighted by Crippen LogP contribution is -2.47. The zero-order valence-electron chi connectivity index (χ0n) is 19.8. The molecule has 4 heterocycles. The van der Waals surface area contributed by atoms with Gasteiger partial charge >= 0.3 is 6.09 Å². The van der Waals surface area contributed by atoms with Gasteiger partial charge in [-0.3, -0.25) is 4.79 Å². The Balaban J connectivity index is 1.16. The molecule has 36 heavy (non-hydrogen) atoms. The number of piperidine rings is 1. The molecule has 2 saturated heterocycles. The van der Waals surface area contributed by atoms with E-state index in [2.05, 4.69) is 6.07 Å². The quantitative estimate of drug-likeness (QED) is 0.482. The maximum absolute atomic E-state index is 13.3. The summed E-state index contributed by atoms with van der Waals surface area (Å²) in [5, 5.41) is 11.2. The third-order valence-electron chi connectivity index (χ3n) is 6.53. The van der Waals surface area contributed by atoms with E-state index >= 15 is 0 Å². The van der Waals surface area contributed by atoms with E-state index in [0.717, 1.165) is 5.75 Å². The van der Waals surface area contributed by atoms with Gasteiger partial charge in [0.25, 0.3) is 5.91 Å². The SMILES string of the molecule is COc1ccc(OCC2CN(C3CCN(C(=O)c4scc(C#N)c4-n4cccc4)CC3)C(=O)O2)cc1. The van der Waals surface area contributed by atoms with Crippen molar-refractivity contribution in [3.8, 4) is 23.3 Å². The Bertz CT molecular complexity index is 1260. The van der Waals surface area contributed by atoms with Gasteiger partial charge in [0.2, 0.25) is 0 Å². The molecule has 0 bridgehead atoms. The summed E-state index contributed by atoms with van der Waals surface area (Å²) in [5.41, 5.74) is 1.11.